The summed E-state index contributed by atoms with van der Waals surface area (Å²) in [4.78, 5) is 35.6. The zero-order valence-corrected chi connectivity index (χ0v) is 25.0. The van der Waals surface area contributed by atoms with E-state index < -0.39 is 23.7 Å². The number of hydrogen-bond donors (Lipinski definition) is 5. The topological polar surface area (TPSA) is 147 Å². The molecule has 6 N–H and O–H groups in total. The van der Waals surface area contributed by atoms with Gasteiger partial charge in [0.05, 0.1) is 6.04 Å². The first-order valence-electron chi connectivity index (χ1n) is 15.4. The Labute approximate surface area is 259 Å². The predicted molar refractivity (Wildman–Crippen MR) is 169 cm³/mol. The maximum absolute atomic E-state index is 14.2. The molecule has 0 saturated heterocycles. The van der Waals surface area contributed by atoms with Gasteiger partial charge in [-0.15, -0.1) is 0 Å². The van der Waals surface area contributed by atoms with Crippen LogP contribution in [0.4, 0.5) is 5.69 Å². The average Bonchev–Trinajstić information content (AvgIpc) is 3.79. The summed E-state index contributed by atoms with van der Waals surface area (Å²) in [7, 11) is 0. The first-order chi connectivity index (χ1) is 21.8. The number of carbonyl (C=O) groups excluding carboxylic acids is 2. The number of nitrogens with zero attached hydrogens (tertiary/aromatic N) is 1. The van der Waals surface area contributed by atoms with Crippen LogP contribution in [-0.2, 0) is 23.1 Å². The Morgan fingerprint density at radius 1 is 1.09 bits per heavy atom. The molecule has 8 rings (SSSR count). The van der Waals surface area contributed by atoms with E-state index in [0.717, 1.165) is 38.8 Å². The van der Waals surface area contributed by atoms with Crippen LogP contribution in [0.1, 0.15) is 64.3 Å². The standard InChI is InChI=1S/C35H34N6O4/c1-18(2)28-33-41-29(32(43)37-14-13-20-17-38-25-9-5-3-7-21(20)25)30(45-33)35-22-8-4-6-10-26(22)39-34(35)44-27-12-11-19(15-23(27)35)16-24(36)31(42)40-28/h3-12,15,17-18,24,28,34,38-39H,13-14,16,36H2,1-2H3,(H,37,43)(H,40,42)/t24-,28-,34?,35-/m0/s1. The van der Waals surface area contributed by atoms with Gasteiger partial charge in [0.2, 0.25) is 11.8 Å². The largest absolute Gasteiger partial charge is 0.469 e. The van der Waals surface area contributed by atoms with E-state index in [0.29, 0.717) is 30.9 Å². The van der Waals surface area contributed by atoms with Crippen molar-refractivity contribution in [2.24, 2.45) is 11.7 Å². The molecular formula is C35H34N6O4. The third-order valence-corrected chi connectivity index (χ3v) is 9.34. The number of rotatable bonds is 5. The quantitative estimate of drug-likeness (QED) is 0.202. The van der Waals surface area contributed by atoms with Crippen molar-refractivity contribution in [2.45, 2.75) is 50.4 Å². The zero-order chi connectivity index (χ0) is 30.9. The van der Waals surface area contributed by atoms with Crippen LogP contribution in [0, 0.1) is 5.92 Å². The Morgan fingerprint density at radius 3 is 2.78 bits per heavy atom. The van der Waals surface area contributed by atoms with Gasteiger partial charge in [-0.3, -0.25) is 9.59 Å². The highest BCUT2D eigenvalue weighted by molar-refractivity contribution is 5.95. The van der Waals surface area contributed by atoms with E-state index in [2.05, 4.69) is 27.0 Å². The van der Waals surface area contributed by atoms with Gasteiger partial charge in [0.15, 0.2) is 17.7 Å². The number of amides is 2. The first kappa shape index (κ1) is 27.5. The smallest absolute Gasteiger partial charge is 0.273 e. The number of oxazole rings is 1. The molecule has 4 bridgehead atoms. The van der Waals surface area contributed by atoms with Gasteiger partial charge in [-0.1, -0.05) is 62.4 Å². The molecule has 5 aromatic rings. The minimum Gasteiger partial charge on any atom is -0.469 e. The maximum Gasteiger partial charge on any atom is 0.273 e. The fourth-order valence-corrected chi connectivity index (χ4v) is 7.10. The molecule has 0 fully saturated rings. The van der Waals surface area contributed by atoms with Crippen LogP contribution >= 0.6 is 0 Å². The van der Waals surface area contributed by atoms with Crippen LogP contribution in [0.3, 0.4) is 0 Å². The Balaban J connectivity index is 1.27. The number of nitrogens with two attached hydrogens (primary N) is 1. The maximum atomic E-state index is 14.2. The zero-order valence-electron chi connectivity index (χ0n) is 25.0. The first-order valence-corrected chi connectivity index (χ1v) is 15.4. The summed E-state index contributed by atoms with van der Waals surface area (Å²) < 4.78 is 13.3. The molecule has 3 aromatic carbocycles. The second kappa shape index (κ2) is 10.2. The summed E-state index contributed by atoms with van der Waals surface area (Å²) in [6, 6.07) is 20.5. The third kappa shape index (κ3) is 4.16. The molecule has 1 spiro atoms. The lowest BCUT2D eigenvalue weighted by Gasteiger charge is -2.28. The summed E-state index contributed by atoms with van der Waals surface area (Å²) in [5.41, 5.74) is 11.3. The van der Waals surface area contributed by atoms with E-state index >= 15 is 0 Å². The summed E-state index contributed by atoms with van der Waals surface area (Å²) in [6.45, 7) is 4.34. The van der Waals surface area contributed by atoms with E-state index in [1.807, 2.05) is 80.7 Å². The predicted octanol–water partition coefficient (Wildman–Crippen LogP) is 4.30. The van der Waals surface area contributed by atoms with Crippen LogP contribution in [-0.4, -0.2) is 40.6 Å². The Bertz CT molecular complexity index is 1980. The summed E-state index contributed by atoms with van der Waals surface area (Å²) in [5, 5.41) is 10.8. The number of ether oxygens (including phenoxy) is 1. The van der Waals surface area contributed by atoms with Gasteiger partial charge in [0, 0.05) is 34.9 Å². The highest BCUT2D eigenvalue weighted by atomic mass is 16.5. The van der Waals surface area contributed by atoms with Crippen molar-refractivity contribution in [2.75, 3.05) is 11.9 Å². The van der Waals surface area contributed by atoms with Gasteiger partial charge in [0.1, 0.15) is 17.2 Å². The van der Waals surface area contributed by atoms with Gasteiger partial charge in [0.25, 0.3) is 5.91 Å². The van der Waals surface area contributed by atoms with Gasteiger partial charge >= 0.3 is 0 Å². The van der Waals surface area contributed by atoms with Crippen molar-refractivity contribution in [3.8, 4) is 5.75 Å². The van der Waals surface area contributed by atoms with E-state index in [1.165, 1.54) is 0 Å². The number of aromatic nitrogens is 2. The highest BCUT2D eigenvalue weighted by Gasteiger charge is 2.61. The van der Waals surface area contributed by atoms with E-state index in [-0.39, 0.29) is 29.3 Å². The molecule has 1 unspecified atom stereocenters. The minimum atomic E-state index is -1.01. The van der Waals surface area contributed by atoms with E-state index in [9.17, 15) is 9.59 Å². The molecule has 2 amide bonds. The number of hydrogen-bond acceptors (Lipinski definition) is 7. The van der Waals surface area contributed by atoms with Crippen molar-refractivity contribution in [3.05, 3.63) is 113 Å². The van der Waals surface area contributed by atoms with Crippen LogP contribution in [0.25, 0.3) is 10.9 Å². The fourth-order valence-electron chi connectivity index (χ4n) is 7.10. The molecule has 228 valence electrons. The fraction of sp³-hybridized carbons (Fsp3) is 0.286. The number of aromatic amines is 1. The summed E-state index contributed by atoms with van der Waals surface area (Å²) >= 11 is 0. The molecule has 0 aliphatic carbocycles. The summed E-state index contributed by atoms with van der Waals surface area (Å²) in [5.74, 6) is 0.544. The molecule has 4 atom stereocenters. The molecule has 0 radical (unpaired) electrons. The van der Waals surface area contributed by atoms with Gasteiger partial charge < -0.3 is 35.8 Å². The van der Waals surface area contributed by atoms with Crippen molar-refractivity contribution in [3.63, 3.8) is 0 Å². The van der Waals surface area contributed by atoms with Crippen LogP contribution < -0.4 is 26.4 Å². The molecule has 10 heteroatoms. The van der Waals surface area contributed by atoms with Gasteiger partial charge in [-0.2, -0.15) is 0 Å². The third-order valence-electron chi connectivity index (χ3n) is 9.34. The molecule has 45 heavy (non-hydrogen) atoms. The molecule has 0 saturated carbocycles. The van der Waals surface area contributed by atoms with Crippen molar-refractivity contribution in [1.82, 2.24) is 20.6 Å². The molecule has 10 nitrogen and oxygen atoms in total. The van der Waals surface area contributed by atoms with Crippen LogP contribution in [0.5, 0.6) is 5.75 Å². The van der Waals surface area contributed by atoms with Crippen LogP contribution in [0.15, 0.2) is 77.3 Å². The normalized spacial score (nSPS) is 22.9. The van der Waals surface area contributed by atoms with Gasteiger partial charge in [-0.25, -0.2) is 4.98 Å². The number of nitrogens with one attached hydrogen (secondary N) is 4. The summed E-state index contributed by atoms with van der Waals surface area (Å²) in [6.07, 6.45) is 2.37. The van der Waals surface area contributed by atoms with Crippen molar-refractivity contribution in [1.29, 1.82) is 0 Å². The number of H-pyrrole nitrogens is 1. The van der Waals surface area contributed by atoms with Crippen molar-refractivity contribution < 1.29 is 18.7 Å². The Kier molecular flexibility index (Phi) is 6.25. The SMILES string of the molecule is CC(C)[C@@H]1NC(=O)[C@@H](N)Cc2ccc3c(c2)[C@@]2(c4ccccc4NC2O3)c2oc1nc2C(=O)NCCc1c[nH]c2ccccc12. The minimum absolute atomic E-state index is 0.0936. The number of anilines is 1. The monoisotopic (exact) mass is 602 g/mol. The second-order valence-electron chi connectivity index (χ2n) is 12.5. The molecular weight excluding hydrogens is 568 g/mol. The second-order valence-corrected chi connectivity index (χ2v) is 12.5. The lowest BCUT2D eigenvalue weighted by molar-refractivity contribution is -0.123. The molecule has 3 aliphatic rings. The molecule has 2 aromatic heterocycles. The Morgan fingerprint density at radius 2 is 1.91 bits per heavy atom. The van der Waals surface area contributed by atoms with Crippen LogP contribution in [0.2, 0.25) is 0 Å². The van der Waals surface area contributed by atoms with E-state index in [1.54, 1.807) is 0 Å². The number of para-hydroxylation sites is 2. The van der Waals surface area contributed by atoms with E-state index in [4.69, 9.17) is 19.9 Å². The number of fused-ring (bicyclic) bond motifs is 5. The lowest BCUT2D eigenvalue weighted by atomic mass is 9.72. The lowest BCUT2D eigenvalue weighted by Crippen LogP contribution is -2.45. The Hall–Kier alpha value is -5.09. The molecule has 3 aliphatic heterocycles. The average molecular weight is 603 g/mol. The molecule has 5 heterocycles. The number of benzene rings is 3. The number of carbonyl (C=O) groups is 2. The highest BCUT2D eigenvalue weighted by Crippen LogP contribution is 2.58. The van der Waals surface area contributed by atoms with Gasteiger partial charge in [-0.05, 0) is 53.6 Å². The van der Waals surface area contributed by atoms with Crippen molar-refractivity contribution >= 4 is 28.4 Å².